The van der Waals surface area contributed by atoms with Crippen molar-refractivity contribution in [2.45, 2.75) is 6.92 Å². The molecule has 2 aromatic heterocycles. The van der Waals surface area contributed by atoms with E-state index in [0.717, 1.165) is 6.29 Å². The molecule has 0 radical (unpaired) electrons. The molecule has 0 aromatic carbocycles. The number of aromatic nitrogens is 3. The number of nitrogens with zero attached hydrogens (tertiary/aromatic N) is 3. The van der Waals surface area contributed by atoms with Crippen molar-refractivity contribution in [3.63, 3.8) is 0 Å². The van der Waals surface area contributed by atoms with Gasteiger partial charge in [0.25, 0.3) is 0 Å². The molecule has 2 rings (SSSR count). The van der Waals surface area contributed by atoms with Crippen LogP contribution in [0.1, 0.15) is 16.1 Å². The lowest BCUT2D eigenvalue weighted by Gasteiger charge is -2.00. The quantitative estimate of drug-likeness (QED) is 0.660. The van der Waals surface area contributed by atoms with E-state index in [1.165, 1.54) is 4.52 Å². The summed E-state index contributed by atoms with van der Waals surface area (Å²) in [5.41, 5.74) is 1.68. The average Bonchev–Trinajstić information content (AvgIpc) is 2.52. The maximum atomic E-state index is 10.8. The molecule has 0 aliphatic carbocycles. The number of hydrogen-bond acceptors (Lipinski definition) is 4. The normalized spacial score (nSPS) is 10.4. The molecule has 5 nitrogen and oxygen atoms in total. The minimum Gasteiger partial charge on any atom is -0.481 e. The molecule has 0 aliphatic heterocycles. The molecule has 2 heterocycles. The van der Waals surface area contributed by atoms with E-state index in [2.05, 4.69) is 10.1 Å². The van der Waals surface area contributed by atoms with E-state index in [4.69, 9.17) is 4.74 Å². The Hall–Kier alpha value is -1.91. The van der Waals surface area contributed by atoms with Crippen molar-refractivity contribution in [2.24, 2.45) is 0 Å². The van der Waals surface area contributed by atoms with Crippen LogP contribution >= 0.6 is 0 Å². The summed E-state index contributed by atoms with van der Waals surface area (Å²) < 4.78 is 6.60. The number of fused-ring (bicyclic) bond motifs is 1. The number of rotatable bonds is 2. The standard InChI is InChI=1S/C9H9N3O2/c1-6-7(5-13)9-10-4-3-8(14-2)12(9)11-6/h3-5H,1-2H3. The Morgan fingerprint density at radius 1 is 1.57 bits per heavy atom. The van der Waals surface area contributed by atoms with Crippen molar-refractivity contribution in [1.82, 2.24) is 14.6 Å². The first-order valence-electron chi connectivity index (χ1n) is 4.11. The van der Waals surface area contributed by atoms with E-state index in [1.807, 2.05) is 0 Å². The van der Waals surface area contributed by atoms with Crippen LogP contribution in [0.4, 0.5) is 0 Å². The van der Waals surface area contributed by atoms with E-state index >= 15 is 0 Å². The lowest BCUT2D eigenvalue weighted by Crippen LogP contribution is -1.96. The molecule has 2 aromatic rings. The topological polar surface area (TPSA) is 56.5 Å². The number of hydrogen-bond donors (Lipinski definition) is 0. The Morgan fingerprint density at radius 2 is 2.36 bits per heavy atom. The maximum Gasteiger partial charge on any atom is 0.217 e. The average molecular weight is 191 g/mol. The van der Waals surface area contributed by atoms with Gasteiger partial charge in [0.15, 0.2) is 11.9 Å². The zero-order valence-corrected chi connectivity index (χ0v) is 7.89. The molecule has 0 unspecified atom stereocenters. The highest BCUT2D eigenvalue weighted by Crippen LogP contribution is 2.16. The fourth-order valence-electron chi connectivity index (χ4n) is 1.34. The fraction of sp³-hybridized carbons (Fsp3) is 0.222. The molecule has 0 saturated carbocycles. The van der Waals surface area contributed by atoms with Crippen LogP contribution in [0.15, 0.2) is 12.3 Å². The van der Waals surface area contributed by atoms with Crippen LogP contribution in [-0.2, 0) is 0 Å². The third-order valence-electron chi connectivity index (χ3n) is 2.03. The van der Waals surface area contributed by atoms with Gasteiger partial charge >= 0.3 is 0 Å². The molecule has 0 amide bonds. The van der Waals surface area contributed by atoms with Crippen LogP contribution in [-0.4, -0.2) is 28.0 Å². The zero-order valence-electron chi connectivity index (χ0n) is 7.89. The van der Waals surface area contributed by atoms with E-state index in [-0.39, 0.29) is 0 Å². The highest BCUT2D eigenvalue weighted by atomic mass is 16.5. The predicted octanol–water partition coefficient (Wildman–Crippen LogP) is 0.859. The molecule has 0 bridgehead atoms. The molecule has 0 atom stereocenters. The van der Waals surface area contributed by atoms with Gasteiger partial charge in [0.2, 0.25) is 5.88 Å². The summed E-state index contributed by atoms with van der Waals surface area (Å²) in [5, 5.41) is 4.15. The Kier molecular flexibility index (Phi) is 1.92. The largest absolute Gasteiger partial charge is 0.481 e. The number of methoxy groups -OCH3 is 1. The predicted molar refractivity (Wildman–Crippen MR) is 49.7 cm³/mol. The number of carbonyl (C=O) groups is 1. The summed E-state index contributed by atoms with van der Waals surface area (Å²) in [6, 6.07) is 1.69. The SMILES string of the molecule is COc1ccnc2c(C=O)c(C)nn12. The molecule has 0 N–H and O–H groups in total. The van der Waals surface area contributed by atoms with Crippen LogP contribution < -0.4 is 4.74 Å². The second-order valence-corrected chi connectivity index (χ2v) is 2.84. The van der Waals surface area contributed by atoms with E-state index in [1.54, 1.807) is 26.3 Å². The molecule has 0 aliphatic rings. The Bertz CT molecular complexity index is 490. The third kappa shape index (κ3) is 1.06. The summed E-state index contributed by atoms with van der Waals surface area (Å²) in [5.74, 6) is 0.561. The molecule has 0 spiro atoms. The van der Waals surface area contributed by atoms with Gasteiger partial charge in [-0.2, -0.15) is 9.61 Å². The highest BCUT2D eigenvalue weighted by Gasteiger charge is 2.11. The van der Waals surface area contributed by atoms with Gasteiger partial charge in [-0.3, -0.25) is 4.79 Å². The molecule has 0 fully saturated rings. The van der Waals surface area contributed by atoms with E-state index in [9.17, 15) is 4.79 Å². The van der Waals surface area contributed by atoms with Crippen LogP contribution in [0.2, 0.25) is 0 Å². The van der Waals surface area contributed by atoms with Crippen molar-refractivity contribution in [2.75, 3.05) is 7.11 Å². The van der Waals surface area contributed by atoms with Crippen LogP contribution in [0.25, 0.3) is 5.65 Å². The Balaban J connectivity index is 2.85. The molecule has 5 heteroatoms. The van der Waals surface area contributed by atoms with Gasteiger partial charge in [0.1, 0.15) is 0 Å². The maximum absolute atomic E-state index is 10.8. The lowest BCUT2D eigenvalue weighted by atomic mass is 10.3. The Morgan fingerprint density at radius 3 is 3.00 bits per heavy atom. The van der Waals surface area contributed by atoms with Crippen LogP contribution in [0.3, 0.4) is 0 Å². The first-order chi connectivity index (χ1) is 6.77. The van der Waals surface area contributed by atoms with Gasteiger partial charge in [-0.05, 0) is 6.92 Å². The van der Waals surface area contributed by atoms with Crippen molar-refractivity contribution >= 4 is 11.9 Å². The summed E-state index contributed by atoms with van der Waals surface area (Å²) in [4.78, 5) is 14.8. The lowest BCUT2D eigenvalue weighted by molar-refractivity contribution is 0.112. The molecule has 0 saturated heterocycles. The van der Waals surface area contributed by atoms with Gasteiger partial charge in [-0.1, -0.05) is 0 Å². The number of aryl methyl sites for hydroxylation is 1. The molecular weight excluding hydrogens is 182 g/mol. The monoisotopic (exact) mass is 191 g/mol. The minimum absolute atomic E-state index is 0.504. The highest BCUT2D eigenvalue weighted by molar-refractivity contribution is 5.85. The summed E-state index contributed by atoms with van der Waals surface area (Å²) in [6.45, 7) is 1.76. The third-order valence-corrected chi connectivity index (χ3v) is 2.03. The molecular formula is C9H9N3O2. The van der Waals surface area contributed by atoms with Gasteiger partial charge in [0, 0.05) is 12.3 Å². The second-order valence-electron chi connectivity index (χ2n) is 2.84. The summed E-state index contributed by atoms with van der Waals surface area (Å²) in [6.07, 6.45) is 2.34. The second kappa shape index (κ2) is 3.10. The van der Waals surface area contributed by atoms with Crippen molar-refractivity contribution in [3.8, 4) is 5.88 Å². The van der Waals surface area contributed by atoms with Gasteiger partial charge in [-0.15, -0.1) is 0 Å². The van der Waals surface area contributed by atoms with Gasteiger partial charge < -0.3 is 4.74 Å². The smallest absolute Gasteiger partial charge is 0.217 e. The van der Waals surface area contributed by atoms with Crippen LogP contribution in [0, 0.1) is 6.92 Å². The fourth-order valence-corrected chi connectivity index (χ4v) is 1.34. The van der Waals surface area contributed by atoms with Crippen molar-refractivity contribution < 1.29 is 9.53 Å². The molecule has 72 valence electrons. The first kappa shape index (κ1) is 8.68. The zero-order chi connectivity index (χ0) is 10.1. The molecule has 14 heavy (non-hydrogen) atoms. The number of carbonyl (C=O) groups excluding carboxylic acids is 1. The summed E-state index contributed by atoms with van der Waals surface area (Å²) >= 11 is 0. The van der Waals surface area contributed by atoms with Crippen LogP contribution in [0.5, 0.6) is 5.88 Å². The van der Waals surface area contributed by atoms with Crippen molar-refractivity contribution in [1.29, 1.82) is 0 Å². The van der Waals surface area contributed by atoms with Gasteiger partial charge in [-0.25, -0.2) is 4.98 Å². The summed E-state index contributed by atoms with van der Waals surface area (Å²) in [7, 11) is 1.55. The number of aldehydes is 1. The van der Waals surface area contributed by atoms with E-state index < -0.39 is 0 Å². The first-order valence-corrected chi connectivity index (χ1v) is 4.11. The van der Waals surface area contributed by atoms with Crippen molar-refractivity contribution in [3.05, 3.63) is 23.5 Å². The number of ether oxygens (including phenoxy) is 1. The minimum atomic E-state index is 0.504. The van der Waals surface area contributed by atoms with Gasteiger partial charge in [0.05, 0.1) is 18.4 Å². The Labute approximate surface area is 80.3 Å². The van der Waals surface area contributed by atoms with E-state index in [0.29, 0.717) is 22.8 Å².